The molecule has 0 radical (unpaired) electrons. The minimum absolute atomic E-state index is 0.0138. The maximum Gasteiger partial charge on any atom is 0.321 e. The minimum Gasteiger partial charge on any atom is -0.355 e. The summed E-state index contributed by atoms with van der Waals surface area (Å²) in [5.41, 5.74) is 4.22. The number of urea groups is 1. The summed E-state index contributed by atoms with van der Waals surface area (Å²) >= 11 is 0. The molecular formula is C18H17N3O. The smallest absolute Gasteiger partial charge is 0.321 e. The van der Waals surface area contributed by atoms with Crippen molar-refractivity contribution in [3.63, 3.8) is 0 Å². The second-order valence-electron chi connectivity index (χ2n) is 5.56. The molecule has 4 heteroatoms. The molecule has 110 valence electrons. The fourth-order valence-electron chi connectivity index (χ4n) is 2.95. The number of para-hydroxylation sites is 1. The van der Waals surface area contributed by atoms with E-state index in [4.69, 9.17) is 0 Å². The highest BCUT2D eigenvalue weighted by Gasteiger charge is 2.19. The number of hydrogen-bond donors (Lipinski definition) is 2. The first kappa shape index (κ1) is 13.0. The maximum absolute atomic E-state index is 12.0. The van der Waals surface area contributed by atoms with Crippen molar-refractivity contribution in [2.45, 2.75) is 6.42 Å². The van der Waals surface area contributed by atoms with Gasteiger partial charge in [-0.2, -0.15) is 0 Å². The number of nitrogens with one attached hydrogen (secondary N) is 2. The number of carbonyl (C=O) groups excluding carboxylic acids is 1. The van der Waals surface area contributed by atoms with Crippen LogP contribution in [0.25, 0.3) is 22.2 Å². The molecule has 0 saturated carbocycles. The summed E-state index contributed by atoms with van der Waals surface area (Å²) in [5, 5.41) is 4.08. The zero-order chi connectivity index (χ0) is 14.9. The van der Waals surface area contributed by atoms with Gasteiger partial charge in [-0.15, -0.1) is 0 Å². The molecule has 1 aromatic heterocycles. The van der Waals surface area contributed by atoms with Crippen molar-refractivity contribution < 1.29 is 4.79 Å². The van der Waals surface area contributed by atoms with Crippen LogP contribution in [0, 0.1) is 0 Å². The molecule has 0 unspecified atom stereocenters. The Labute approximate surface area is 128 Å². The average molecular weight is 291 g/mol. The summed E-state index contributed by atoms with van der Waals surface area (Å²) in [5.74, 6) is 0. The quantitative estimate of drug-likeness (QED) is 0.742. The Bertz CT molecular complexity index is 804. The molecule has 0 bridgehead atoms. The summed E-state index contributed by atoms with van der Waals surface area (Å²) in [6.07, 6.45) is 0.975. The highest BCUT2D eigenvalue weighted by molar-refractivity contribution is 5.93. The summed E-state index contributed by atoms with van der Waals surface area (Å²) < 4.78 is 0. The molecule has 1 saturated heterocycles. The zero-order valence-electron chi connectivity index (χ0n) is 12.2. The first-order chi connectivity index (χ1) is 10.8. The summed E-state index contributed by atoms with van der Waals surface area (Å²) in [6.45, 7) is 1.53. The third-order valence-corrected chi connectivity index (χ3v) is 4.08. The number of H-pyrrole nitrogens is 1. The van der Waals surface area contributed by atoms with Crippen molar-refractivity contribution in [2.75, 3.05) is 18.0 Å². The molecule has 4 nitrogen and oxygen atoms in total. The van der Waals surface area contributed by atoms with Crippen LogP contribution in [-0.2, 0) is 0 Å². The molecule has 22 heavy (non-hydrogen) atoms. The van der Waals surface area contributed by atoms with E-state index >= 15 is 0 Å². The molecular weight excluding hydrogens is 274 g/mol. The van der Waals surface area contributed by atoms with Gasteiger partial charge in [-0.05, 0) is 30.7 Å². The van der Waals surface area contributed by atoms with Crippen LogP contribution >= 0.6 is 0 Å². The fraction of sp³-hybridized carbons (Fsp3) is 0.167. The highest BCUT2D eigenvalue weighted by Crippen LogP contribution is 2.27. The van der Waals surface area contributed by atoms with Crippen molar-refractivity contribution >= 4 is 22.6 Å². The number of amides is 2. The number of aromatic nitrogens is 1. The van der Waals surface area contributed by atoms with Crippen LogP contribution in [0.1, 0.15) is 6.42 Å². The van der Waals surface area contributed by atoms with Gasteiger partial charge in [0.1, 0.15) is 0 Å². The maximum atomic E-state index is 12.0. The second-order valence-corrected chi connectivity index (χ2v) is 5.56. The molecule has 1 fully saturated rings. The molecule has 1 aliphatic heterocycles. The average Bonchev–Trinajstić information content (AvgIpc) is 2.99. The van der Waals surface area contributed by atoms with E-state index < -0.39 is 0 Å². The Kier molecular flexibility index (Phi) is 3.07. The van der Waals surface area contributed by atoms with Gasteiger partial charge in [0.2, 0.25) is 0 Å². The second kappa shape index (κ2) is 5.22. The van der Waals surface area contributed by atoms with Crippen LogP contribution < -0.4 is 10.2 Å². The van der Waals surface area contributed by atoms with Gasteiger partial charge in [0, 0.05) is 40.9 Å². The Morgan fingerprint density at radius 2 is 1.91 bits per heavy atom. The highest BCUT2D eigenvalue weighted by atomic mass is 16.2. The molecule has 2 amide bonds. The van der Waals surface area contributed by atoms with Gasteiger partial charge in [-0.1, -0.05) is 30.3 Å². The lowest BCUT2D eigenvalue weighted by Gasteiger charge is -2.27. The molecule has 2 N–H and O–H groups in total. The van der Waals surface area contributed by atoms with E-state index in [1.54, 1.807) is 4.90 Å². The van der Waals surface area contributed by atoms with Crippen molar-refractivity contribution in [3.05, 3.63) is 54.6 Å². The molecule has 3 aromatic rings. The first-order valence-corrected chi connectivity index (χ1v) is 7.55. The normalized spacial score (nSPS) is 15.1. The van der Waals surface area contributed by atoms with E-state index in [0.717, 1.165) is 42.0 Å². The third-order valence-electron chi connectivity index (χ3n) is 4.08. The Morgan fingerprint density at radius 1 is 1.00 bits per heavy atom. The predicted molar refractivity (Wildman–Crippen MR) is 89.1 cm³/mol. The van der Waals surface area contributed by atoms with E-state index in [1.165, 1.54) is 5.39 Å². The molecule has 0 atom stereocenters. The van der Waals surface area contributed by atoms with Gasteiger partial charge in [-0.3, -0.25) is 4.90 Å². The lowest BCUT2D eigenvalue weighted by Crippen LogP contribution is -2.46. The molecule has 2 heterocycles. The topological polar surface area (TPSA) is 48.1 Å². The van der Waals surface area contributed by atoms with Crippen LogP contribution in [0.2, 0.25) is 0 Å². The van der Waals surface area contributed by atoms with Crippen molar-refractivity contribution in [1.82, 2.24) is 10.3 Å². The Balaban J connectivity index is 1.73. The van der Waals surface area contributed by atoms with Gasteiger partial charge >= 0.3 is 6.03 Å². The predicted octanol–water partition coefficient (Wildman–Crippen LogP) is 3.75. The molecule has 2 aromatic carbocycles. The summed E-state index contributed by atoms with van der Waals surface area (Å²) in [4.78, 5) is 17.2. The number of rotatable bonds is 2. The van der Waals surface area contributed by atoms with Crippen molar-refractivity contribution in [1.29, 1.82) is 0 Å². The van der Waals surface area contributed by atoms with Gasteiger partial charge in [0.25, 0.3) is 0 Å². The minimum atomic E-state index is -0.0138. The van der Waals surface area contributed by atoms with E-state index in [-0.39, 0.29) is 6.03 Å². The van der Waals surface area contributed by atoms with Crippen molar-refractivity contribution in [2.24, 2.45) is 0 Å². The third kappa shape index (κ3) is 2.22. The van der Waals surface area contributed by atoms with Crippen LogP contribution in [0.5, 0.6) is 0 Å². The van der Waals surface area contributed by atoms with Crippen LogP contribution in [0.4, 0.5) is 10.5 Å². The van der Waals surface area contributed by atoms with Gasteiger partial charge in [0.05, 0.1) is 0 Å². The van der Waals surface area contributed by atoms with E-state index in [2.05, 4.69) is 40.6 Å². The van der Waals surface area contributed by atoms with E-state index in [9.17, 15) is 4.79 Å². The number of anilines is 1. The van der Waals surface area contributed by atoms with E-state index in [0.29, 0.717) is 0 Å². The Hall–Kier alpha value is -2.75. The number of hydrogen-bond acceptors (Lipinski definition) is 1. The summed E-state index contributed by atoms with van der Waals surface area (Å²) in [7, 11) is 0. The lowest BCUT2D eigenvalue weighted by molar-refractivity contribution is 0.243. The largest absolute Gasteiger partial charge is 0.355 e. The summed E-state index contributed by atoms with van der Waals surface area (Å²) in [6, 6.07) is 18.5. The van der Waals surface area contributed by atoms with E-state index in [1.807, 2.05) is 24.3 Å². The monoisotopic (exact) mass is 291 g/mol. The van der Waals surface area contributed by atoms with Gasteiger partial charge in [-0.25, -0.2) is 4.79 Å². The number of carbonyl (C=O) groups is 1. The number of fused-ring (bicyclic) bond motifs is 1. The van der Waals surface area contributed by atoms with Crippen molar-refractivity contribution in [3.8, 4) is 11.3 Å². The standard InChI is InChI=1S/C18H17N3O/c22-18-19-9-4-10-21(18)15-7-3-6-13(11-15)17-12-14-5-1-2-8-16(14)20-17/h1-3,5-8,11-12,20H,4,9-10H2,(H,19,22). The number of benzene rings is 2. The molecule has 0 spiro atoms. The zero-order valence-corrected chi connectivity index (χ0v) is 12.2. The molecule has 0 aliphatic carbocycles. The van der Waals surface area contributed by atoms with Crippen LogP contribution in [0.15, 0.2) is 54.6 Å². The lowest BCUT2D eigenvalue weighted by atomic mass is 10.1. The SMILES string of the molecule is O=C1NCCCN1c1cccc(-c2cc3ccccc3[nH]2)c1. The van der Waals surface area contributed by atoms with Crippen LogP contribution in [0.3, 0.4) is 0 Å². The van der Waals surface area contributed by atoms with Crippen LogP contribution in [-0.4, -0.2) is 24.1 Å². The molecule has 4 rings (SSSR count). The fourth-order valence-corrected chi connectivity index (χ4v) is 2.95. The molecule has 1 aliphatic rings. The van der Waals surface area contributed by atoms with Gasteiger partial charge in [0.15, 0.2) is 0 Å². The first-order valence-electron chi connectivity index (χ1n) is 7.55. The Morgan fingerprint density at radius 3 is 2.77 bits per heavy atom. The number of nitrogens with zero attached hydrogens (tertiary/aromatic N) is 1. The van der Waals surface area contributed by atoms with Gasteiger partial charge < -0.3 is 10.3 Å². The number of aromatic amines is 1.